The van der Waals surface area contributed by atoms with E-state index in [1.54, 1.807) is 0 Å². The molecule has 0 bridgehead atoms. The van der Waals surface area contributed by atoms with E-state index in [4.69, 9.17) is 4.98 Å². The Balaban J connectivity index is 1.23. The van der Waals surface area contributed by atoms with E-state index < -0.39 is 0 Å². The number of nitrogens with one attached hydrogen (secondary N) is 1. The number of benzene rings is 4. The molecule has 31 heavy (non-hydrogen) atoms. The van der Waals surface area contributed by atoms with E-state index in [-0.39, 0.29) is 5.91 Å². The van der Waals surface area contributed by atoms with Crippen LogP contribution in [0, 0.1) is 0 Å². The predicted octanol–water partition coefficient (Wildman–Crippen LogP) is 6.79. The number of carbonyl (C=O) groups excluding carboxylic acids is 1. The highest BCUT2D eigenvalue weighted by molar-refractivity contribution is 7.20. The number of thiazole rings is 1. The Bertz CT molecular complexity index is 1380. The van der Waals surface area contributed by atoms with Crippen molar-refractivity contribution in [2.75, 3.05) is 5.32 Å². The second kappa shape index (κ2) is 7.18. The van der Waals surface area contributed by atoms with Crippen LogP contribution in [0.4, 0.5) is 5.13 Å². The highest BCUT2D eigenvalue weighted by Gasteiger charge is 2.26. The molecule has 0 atom stereocenters. The fourth-order valence-corrected chi connectivity index (χ4v) is 5.25. The van der Waals surface area contributed by atoms with E-state index in [9.17, 15) is 4.79 Å². The Morgan fingerprint density at radius 1 is 0.774 bits per heavy atom. The van der Waals surface area contributed by atoms with Crippen LogP contribution in [0.3, 0.4) is 0 Å². The maximum Gasteiger partial charge on any atom is 0.257 e. The van der Waals surface area contributed by atoms with Crippen LogP contribution in [-0.4, -0.2) is 10.9 Å². The third kappa shape index (κ3) is 3.13. The van der Waals surface area contributed by atoms with Gasteiger partial charge in [0.1, 0.15) is 0 Å². The molecule has 0 aliphatic heterocycles. The SMILES string of the molecule is O=C(Nc1nc2c(s1)-c1cccc3cccc-2c13)c1ccc(Cc2ccccc2)cc1. The van der Waals surface area contributed by atoms with Gasteiger partial charge in [-0.2, -0.15) is 0 Å². The second-order valence-corrected chi connectivity index (χ2v) is 8.72. The van der Waals surface area contributed by atoms with Gasteiger partial charge >= 0.3 is 0 Å². The number of hydrogen-bond donors (Lipinski definition) is 1. The summed E-state index contributed by atoms with van der Waals surface area (Å²) in [5, 5.41) is 6.10. The van der Waals surface area contributed by atoms with Crippen molar-refractivity contribution in [1.82, 2.24) is 4.98 Å². The van der Waals surface area contributed by atoms with Gasteiger partial charge in [-0.3, -0.25) is 10.1 Å². The molecule has 1 N–H and O–H groups in total. The van der Waals surface area contributed by atoms with Crippen molar-refractivity contribution >= 4 is 33.1 Å². The first-order valence-electron chi connectivity index (χ1n) is 10.2. The molecule has 1 aromatic heterocycles. The molecule has 4 heteroatoms. The van der Waals surface area contributed by atoms with E-state index in [1.807, 2.05) is 42.5 Å². The number of amides is 1. The number of anilines is 1. The van der Waals surface area contributed by atoms with Gasteiger partial charge in [-0.15, -0.1) is 0 Å². The summed E-state index contributed by atoms with van der Waals surface area (Å²) in [6.07, 6.45) is 0.854. The van der Waals surface area contributed by atoms with Crippen molar-refractivity contribution in [3.63, 3.8) is 0 Å². The van der Waals surface area contributed by atoms with Crippen LogP contribution >= 0.6 is 11.3 Å². The molecular weight excluding hydrogens is 400 g/mol. The zero-order valence-corrected chi connectivity index (χ0v) is 17.4. The van der Waals surface area contributed by atoms with Crippen molar-refractivity contribution in [3.05, 3.63) is 108 Å². The van der Waals surface area contributed by atoms with E-state index in [0.717, 1.165) is 22.6 Å². The quantitative estimate of drug-likeness (QED) is 0.343. The third-order valence-corrected chi connectivity index (χ3v) is 6.72. The van der Waals surface area contributed by atoms with Crippen LogP contribution in [0.1, 0.15) is 21.5 Å². The summed E-state index contributed by atoms with van der Waals surface area (Å²) >= 11 is 1.54. The number of rotatable bonds is 4. The molecule has 0 spiro atoms. The van der Waals surface area contributed by atoms with Crippen LogP contribution in [0.15, 0.2) is 91.0 Å². The van der Waals surface area contributed by atoms with Crippen LogP contribution in [0.5, 0.6) is 0 Å². The summed E-state index contributed by atoms with van der Waals surface area (Å²) in [4.78, 5) is 18.7. The molecule has 5 aromatic rings. The molecule has 1 aliphatic rings. The standard InChI is InChI=1S/C27H18N2OS/c30-26(20-14-12-18(13-15-20)16-17-6-2-1-3-7-17)29-27-28-24-21-10-4-8-19-9-5-11-22(23(19)21)25(24)31-27/h1-15H,16H2,(H,28,29,30). The zero-order valence-electron chi connectivity index (χ0n) is 16.6. The number of fused-ring (bicyclic) bond motifs is 3. The van der Waals surface area contributed by atoms with Crippen molar-refractivity contribution in [1.29, 1.82) is 0 Å². The third-order valence-electron chi connectivity index (χ3n) is 5.72. The summed E-state index contributed by atoms with van der Waals surface area (Å²) in [5.41, 5.74) is 6.38. The van der Waals surface area contributed by atoms with Crippen molar-refractivity contribution < 1.29 is 4.79 Å². The largest absolute Gasteiger partial charge is 0.298 e. The number of carbonyl (C=O) groups is 1. The minimum atomic E-state index is -0.134. The number of aromatic nitrogens is 1. The molecule has 0 unspecified atom stereocenters. The lowest BCUT2D eigenvalue weighted by Gasteiger charge is -2.05. The van der Waals surface area contributed by atoms with E-state index in [1.165, 1.54) is 38.8 Å². The Hall–Kier alpha value is -3.76. The van der Waals surface area contributed by atoms with Gasteiger partial charge in [0, 0.05) is 16.7 Å². The fourth-order valence-electron chi connectivity index (χ4n) is 4.24. The van der Waals surface area contributed by atoms with Gasteiger partial charge in [0.15, 0.2) is 5.13 Å². The van der Waals surface area contributed by atoms with Gasteiger partial charge < -0.3 is 0 Å². The highest BCUT2D eigenvalue weighted by atomic mass is 32.1. The molecular formula is C27H18N2OS. The zero-order chi connectivity index (χ0) is 20.8. The molecule has 3 nitrogen and oxygen atoms in total. The summed E-state index contributed by atoms with van der Waals surface area (Å²) in [6, 6.07) is 30.7. The number of nitrogens with zero attached hydrogens (tertiary/aromatic N) is 1. The molecule has 1 heterocycles. The van der Waals surface area contributed by atoms with Gasteiger partial charge in [-0.1, -0.05) is 90.2 Å². The Kier molecular flexibility index (Phi) is 4.18. The van der Waals surface area contributed by atoms with E-state index >= 15 is 0 Å². The van der Waals surface area contributed by atoms with Crippen LogP contribution in [0.2, 0.25) is 0 Å². The average molecular weight is 419 g/mol. The van der Waals surface area contributed by atoms with Crippen LogP contribution in [-0.2, 0) is 6.42 Å². The second-order valence-electron chi connectivity index (χ2n) is 7.72. The van der Waals surface area contributed by atoms with E-state index in [0.29, 0.717) is 10.7 Å². The Labute approximate surface area is 184 Å². The Morgan fingerprint density at radius 2 is 1.48 bits per heavy atom. The minimum absolute atomic E-state index is 0.134. The maximum atomic E-state index is 12.8. The smallest absolute Gasteiger partial charge is 0.257 e. The monoisotopic (exact) mass is 418 g/mol. The van der Waals surface area contributed by atoms with Gasteiger partial charge in [0.05, 0.1) is 10.6 Å². The van der Waals surface area contributed by atoms with Gasteiger partial charge in [-0.25, -0.2) is 4.98 Å². The molecule has 0 fully saturated rings. The first-order chi connectivity index (χ1) is 15.3. The predicted molar refractivity (Wildman–Crippen MR) is 128 cm³/mol. The fraction of sp³-hybridized carbons (Fsp3) is 0.0370. The summed E-state index contributed by atoms with van der Waals surface area (Å²) < 4.78 is 0. The molecule has 0 saturated heterocycles. The minimum Gasteiger partial charge on any atom is -0.298 e. The van der Waals surface area contributed by atoms with Crippen molar-refractivity contribution in [2.45, 2.75) is 6.42 Å². The molecule has 1 aliphatic carbocycles. The normalized spacial score (nSPS) is 11.5. The van der Waals surface area contributed by atoms with E-state index in [2.05, 4.69) is 53.8 Å². The lowest BCUT2D eigenvalue weighted by molar-refractivity contribution is 0.102. The van der Waals surface area contributed by atoms with Crippen molar-refractivity contribution in [3.8, 4) is 21.7 Å². The van der Waals surface area contributed by atoms with Crippen LogP contribution < -0.4 is 5.32 Å². The summed E-state index contributed by atoms with van der Waals surface area (Å²) in [7, 11) is 0. The van der Waals surface area contributed by atoms with Crippen LogP contribution in [0.25, 0.3) is 32.5 Å². The summed E-state index contributed by atoms with van der Waals surface area (Å²) in [6.45, 7) is 0. The van der Waals surface area contributed by atoms with Crippen molar-refractivity contribution in [2.24, 2.45) is 0 Å². The van der Waals surface area contributed by atoms with Gasteiger partial charge in [-0.05, 0) is 40.5 Å². The lowest BCUT2D eigenvalue weighted by Crippen LogP contribution is -2.11. The first-order valence-corrected chi connectivity index (χ1v) is 11.1. The molecule has 0 saturated carbocycles. The highest BCUT2D eigenvalue weighted by Crippen LogP contribution is 2.50. The molecule has 4 aromatic carbocycles. The lowest BCUT2D eigenvalue weighted by atomic mass is 10.0. The first kappa shape index (κ1) is 18.0. The number of hydrogen-bond acceptors (Lipinski definition) is 3. The molecule has 6 rings (SSSR count). The Morgan fingerprint density at radius 3 is 2.26 bits per heavy atom. The molecule has 148 valence electrons. The summed E-state index contributed by atoms with van der Waals surface area (Å²) in [5.74, 6) is -0.134. The maximum absolute atomic E-state index is 12.8. The average Bonchev–Trinajstić information content (AvgIpc) is 3.34. The molecule has 1 amide bonds. The molecule has 0 radical (unpaired) electrons. The topological polar surface area (TPSA) is 42.0 Å². The van der Waals surface area contributed by atoms with Gasteiger partial charge in [0.25, 0.3) is 5.91 Å². The van der Waals surface area contributed by atoms with Gasteiger partial charge in [0.2, 0.25) is 0 Å².